The first kappa shape index (κ1) is 18.4. The molecule has 1 saturated heterocycles. The third-order valence-corrected chi connectivity index (χ3v) is 6.27. The van der Waals surface area contributed by atoms with Crippen molar-refractivity contribution in [1.82, 2.24) is 5.32 Å². The number of nitrogens with zero attached hydrogens (tertiary/aromatic N) is 1. The Morgan fingerprint density at radius 2 is 2.04 bits per heavy atom. The van der Waals surface area contributed by atoms with E-state index in [4.69, 9.17) is 28.9 Å². The van der Waals surface area contributed by atoms with E-state index >= 15 is 0 Å². The molecule has 128 valence electrons. The number of guanidine groups is 1. The number of rotatable bonds is 4. The Hall–Kier alpha value is -0.980. The van der Waals surface area contributed by atoms with Crippen LogP contribution < -0.4 is 11.1 Å². The first-order valence-electron chi connectivity index (χ1n) is 7.48. The third kappa shape index (κ3) is 5.55. The molecule has 1 atom stereocenters. The highest BCUT2D eigenvalue weighted by atomic mass is 35.5. The van der Waals surface area contributed by atoms with Gasteiger partial charge in [-0.3, -0.25) is 4.99 Å². The highest BCUT2D eigenvalue weighted by Crippen LogP contribution is 2.26. The third-order valence-electron chi connectivity index (χ3n) is 3.99. The monoisotopic (exact) mass is 377 g/mol. The Labute approximate surface area is 147 Å². The van der Waals surface area contributed by atoms with E-state index in [1.54, 1.807) is 12.1 Å². The van der Waals surface area contributed by atoms with Crippen LogP contribution in [-0.2, 0) is 9.84 Å². The molecule has 0 bridgehead atoms. The standard InChI is InChI=1S/C15H21Cl2N3O2S/c1-10(13-3-2-12(16)8-14(13)17)20-15(18)19-9-11-4-6-23(21,22)7-5-11/h2-3,8,10-11H,4-7,9H2,1H3,(H3,18,19,20). The van der Waals surface area contributed by atoms with Crippen LogP contribution in [0.1, 0.15) is 31.4 Å². The van der Waals surface area contributed by atoms with Crippen molar-refractivity contribution in [2.75, 3.05) is 18.1 Å². The molecule has 0 amide bonds. The van der Waals surface area contributed by atoms with Crippen LogP contribution in [0.25, 0.3) is 0 Å². The second-order valence-corrected chi connectivity index (χ2v) is 9.00. The Morgan fingerprint density at radius 3 is 2.65 bits per heavy atom. The van der Waals surface area contributed by atoms with Crippen LogP contribution in [0.15, 0.2) is 23.2 Å². The van der Waals surface area contributed by atoms with E-state index in [0.29, 0.717) is 35.4 Å². The molecule has 8 heteroatoms. The number of sulfone groups is 1. The Morgan fingerprint density at radius 1 is 1.39 bits per heavy atom. The molecule has 1 aromatic carbocycles. The van der Waals surface area contributed by atoms with Crippen molar-refractivity contribution in [1.29, 1.82) is 0 Å². The summed E-state index contributed by atoms with van der Waals surface area (Å²) in [5.74, 6) is 1.10. The number of halogens is 2. The van der Waals surface area contributed by atoms with Gasteiger partial charge < -0.3 is 11.1 Å². The number of nitrogens with two attached hydrogens (primary N) is 1. The lowest BCUT2D eigenvalue weighted by Gasteiger charge is -2.21. The Kier molecular flexibility index (Phi) is 6.17. The van der Waals surface area contributed by atoms with Crippen molar-refractivity contribution in [3.63, 3.8) is 0 Å². The van der Waals surface area contributed by atoms with Gasteiger partial charge in [0.2, 0.25) is 0 Å². The summed E-state index contributed by atoms with van der Waals surface area (Å²) in [6.07, 6.45) is 1.30. The maximum atomic E-state index is 11.4. The van der Waals surface area contributed by atoms with Gasteiger partial charge in [-0.2, -0.15) is 0 Å². The molecule has 1 aliphatic heterocycles. The summed E-state index contributed by atoms with van der Waals surface area (Å²) in [6.45, 7) is 2.47. The molecule has 0 spiro atoms. The number of benzene rings is 1. The zero-order valence-corrected chi connectivity index (χ0v) is 15.3. The van der Waals surface area contributed by atoms with Crippen molar-refractivity contribution in [2.24, 2.45) is 16.6 Å². The molecule has 1 heterocycles. The fourth-order valence-corrected chi connectivity index (χ4v) is 4.71. The van der Waals surface area contributed by atoms with E-state index in [1.165, 1.54) is 0 Å². The Balaban J connectivity index is 1.89. The van der Waals surface area contributed by atoms with E-state index in [2.05, 4.69) is 10.3 Å². The van der Waals surface area contributed by atoms with Gasteiger partial charge in [0.15, 0.2) is 5.96 Å². The zero-order valence-electron chi connectivity index (χ0n) is 12.9. The van der Waals surface area contributed by atoms with E-state index in [-0.39, 0.29) is 23.5 Å². The molecule has 2 rings (SSSR count). The van der Waals surface area contributed by atoms with E-state index in [0.717, 1.165) is 5.56 Å². The normalized spacial score (nSPS) is 20.2. The summed E-state index contributed by atoms with van der Waals surface area (Å²) in [5, 5.41) is 4.25. The highest BCUT2D eigenvalue weighted by Gasteiger charge is 2.23. The molecule has 5 nitrogen and oxygen atoms in total. The second kappa shape index (κ2) is 7.73. The molecule has 0 aromatic heterocycles. The van der Waals surface area contributed by atoms with Crippen LogP contribution in [0.5, 0.6) is 0 Å². The van der Waals surface area contributed by atoms with Crippen molar-refractivity contribution >= 4 is 39.0 Å². The average Bonchev–Trinajstić information content (AvgIpc) is 2.46. The van der Waals surface area contributed by atoms with Gasteiger partial charge in [0.05, 0.1) is 17.5 Å². The molecule has 0 saturated carbocycles. The van der Waals surface area contributed by atoms with Gasteiger partial charge >= 0.3 is 0 Å². The summed E-state index contributed by atoms with van der Waals surface area (Å²) in [4.78, 5) is 4.33. The first-order valence-corrected chi connectivity index (χ1v) is 10.1. The van der Waals surface area contributed by atoms with E-state index in [1.807, 2.05) is 13.0 Å². The Bertz CT molecular complexity index is 678. The van der Waals surface area contributed by atoms with Gasteiger partial charge in [-0.05, 0) is 43.4 Å². The van der Waals surface area contributed by atoms with Crippen LogP contribution >= 0.6 is 23.2 Å². The summed E-state index contributed by atoms with van der Waals surface area (Å²) in [7, 11) is -2.84. The molecule has 1 aromatic rings. The van der Waals surface area contributed by atoms with Crippen molar-refractivity contribution in [3.05, 3.63) is 33.8 Å². The number of nitrogens with one attached hydrogen (secondary N) is 1. The minimum Gasteiger partial charge on any atom is -0.370 e. The SMILES string of the molecule is CC(NC(N)=NCC1CCS(=O)(=O)CC1)c1ccc(Cl)cc1Cl. The highest BCUT2D eigenvalue weighted by molar-refractivity contribution is 7.91. The van der Waals surface area contributed by atoms with Gasteiger partial charge in [-0.1, -0.05) is 29.3 Å². The maximum absolute atomic E-state index is 11.4. The molecule has 1 aliphatic rings. The van der Waals surface area contributed by atoms with Gasteiger partial charge in [0.1, 0.15) is 9.84 Å². The van der Waals surface area contributed by atoms with Crippen molar-refractivity contribution in [3.8, 4) is 0 Å². The summed E-state index contributed by atoms with van der Waals surface area (Å²) < 4.78 is 22.8. The number of hydrogen-bond acceptors (Lipinski definition) is 3. The summed E-state index contributed by atoms with van der Waals surface area (Å²) in [6, 6.07) is 5.21. The minimum atomic E-state index is -2.84. The summed E-state index contributed by atoms with van der Waals surface area (Å²) >= 11 is 12.1. The fourth-order valence-electron chi connectivity index (χ4n) is 2.55. The zero-order chi connectivity index (χ0) is 17.0. The quantitative estimate of drug-likeness (QED) is 0.623. The minimum absolute atomic E-state index is 0.102. The largest absolute Gasteiger partial charge is 0.370 e. The van der Waals surface area contributed by atoms with Crippen molar-refractivity contribution < 1.29 is 8.42 Å². The van der Waals surface area contributed by atoms with E-state index < -0.39 is 9.84 Å². The molecular formula is C15H21Cl2N3O2S. The average molecular weight is 378 g/mol. The van der Waals surface area contributed by atoms with Crippen LogP contribution in [0.3, 0.4) is 0 Å². The lowest BCUT2D eigenvalue weighted by Crippen LogP contribution is -2.35. The van der Waals surface area contributed by atoms with Gasteiger partial charge in [0, 0.05) is 16.6 Å². The molecule has 3 N–H and O–H groups in total. The molecule has 1 fully saturated rings. The predicted molar refractivity (Wildman–Crippen MR) is 95.9 cm³/mol. The van der Waals surface area contributed by atoms with Gasteiger partial charge in [-0.15, -0.1) is 0 Å². The van der Waals surface area contributed by atoms with Crippen LogP contribution in [0.2, 0.25) is 10.0 Å². The van der Waals surface area contributed by atoms with Crippen molar-refractivity contribution in [2.45, 2.75) is 25.8 Å². The predicted octanol–water partition coefficient (Wildman–Crippen LogP) is 2.78. The number of aliphatic imine (C=N–C) groups is 1. The lowest BCUT2D eigenvalue weighted by molar-refractivity contribution is 0.474. The van der Waals surface area contributed by atoms with Crippen LogP contribution in [0, 0.1) is 5.92 Å². The lowest BCUT2D eigenvalue weighted by atomic mass is 10.0. The van der Waals surface area contributed by atoms with Gasteiger partial charge in [0.25, 0.3) is 0 Å². The summed E-state index contributed by atoms with van der Waals surface area (Å²) in [5.41, 5.74) is 6.80. The molecule has 0 aliphatic carbocycles. The molecule has 23 heavy (non-hydrogen) atoms. The van der Waals surface area contributed by atoms with Crippen LogP contribution in [-0.4, -0.2) is 32.4 Å². The molecule has 0 radical (unpaired) electrons. The molecular weight excluding hydrogens is 357 g/mol. The second-order valence-electron chi connectivity index (χ2n) is 5.85. The fraction of sp³-hybridized carbons (Fsp3) is 0.533. The number of hydrogen-bond donors (Lipinski definition) is 2. The maximum Gasteiger partial charge on any atom is 0.189 e. The van der Waals surface area contributed by atoms with E-state index in [9.17, 15) is 8.42 Å². The van der Waals surface area contributed by atoms with Crippen LogP contribution in [0.4, 0.5) is 0 Å². The topological polar surface area (TPSA) is 84.5 Å². The first-order chi connectivity index (χ1) is 10.8. The van der Waals surface area contributed by atoms with Gasteiger partial charge in [-0.25, -0.2) is 8.42 Å². The smallest absolute Gasteiger partial charge is 0.189 e. The molecule has 1 unspecified atom stereocenters.